The van der Waals surface area contributed by atoms with E-state index in [-0.39, 0.29) is 17.2 Å². The summed E-state index contributed by atoms with van der Waals surface area (Å²) in [4.78, 5) is 12.2. The zero-order valence-electron chi connectivity index (χ0n) is 13.1. The molecule has 22 heavy (non-hydrogen) atoms. The second-order valence-electron chi connectivity index (χ2n) is 5.34. The summed E-state index contributed by atoms with van der Waals surface area (Å²) in [5, 5.41) is 16.1. The van der Waals surface area contributed by atoms with Crippen molar-refractivity contribution in [2.75, 3.05) is 0 Å². The average Bonchev–Trinajstić information content (AvgIpc) is 2.52. The highest BCUT2D eigenvalue weighted by molar-refractivity contribution is 6.02. The number of benzene rings is 2. The van der Waals surface area contributed by atoms with E-state index in [4.69, 9.17) is 0 Å². The van der Waals surface area contributed by atoms with Crippen LogP contribution in [0, 0.1) is 0 Å². The number of rotatable bonds is 6. The molecule has 1 amide bonds. The van der Waals surface area contributed by atoms with Crippen LogP contribution in [-0.4, -0.2) is 16.7 Å². The highest BCUT2D eigenvalue weighted by Crippen LogP contribution is 2.24. The molecule has 0 saturated carbocycles. The number of hydrogen-bond donors (Lipinski definition) is 2. The number of nitrogens with zero attached hydrogens (tertiary/aromatic N) is 1. The fourth-order valence-electron chi connectivity index (χ4n) is 2.41. The van der Waals surface area contributed by atoms with Gasteiger partial charge in [0.2, 0.25) is 0 Å². The maximum atomic E-state index is 12.2. The standard InChI is InChI=1S/C18H22N2O2/c1-3-7-15(8-4-2)19-20-18(22)16-11-13-9-5-6-10-14(13)12-17(16)21/h5-6,9-12,21H,3-4,7-8H2,1-2H3,(H,20,22). The van der Waals surface area contributed by atoms with E-state index in [2.05, 4.69) is 24.4 Å². The molecule has 0 spiro atoms. The molecule has 116 valence electrons. The highest BCUT2D eigenvalue weighted by Gasteiger charge is 2.12. The number of phenolic OH excluding ortho intramolecular Hbond substituents is 1. The Balaban J connectivity index is 2.22. The van der Waals surface area contributed by atoms with E-state index >= 15 is 0 Å². The molecule has 4 nitrogen and oxygen atoms in total. The van der Waals surface area contributed by atoms with Crippen molar-refractivity contribution in [3.8, 4) is 5.75 Å². The van der Waals surface area contributed by atoms with Crippen LogP contribution in [0.5, 0.6) is 5.75 Å². The molecule has 2 rings (SSSR count). The maximum Gasteiger partial charge on any atom is 0.275 e. The van der Waals surface area contributed by atoms with Gasteiger partial charge in [0.15, 0.2) is 0 Å². The average molecular weight is 298 g/mol. The van der Waals surface area contributed by atoms with Crippen molar-refractivity contribution < 1.29 is 9.90 Å². The van der Waals surface area contributed by atoms with Gasteiger partial charge in [0, 0.05) is 5.71 Å². The zero-order valence-corrected chi connectivity index (χ0v) is 13.1. The van der Waals surface area contributed by atoms with Gasteiger partial charge in [-0.05, 0) is 35.7 Å². The first-order valence-corrected chi connectivity index (χ1v) is 7.73. The molecular weight excluding hydrogens is 276 g/mol. The van der Waals surface area contributed by atoms with E-state index in [9.17, 15) is 9.90 Å². The van der Waals surface area contributed by atoms with Gasteiger partial charge in [0.25, 0.3) is 5.91 Å². The van der Waals surface area contributed by atoms with Gasteiger partial charge in [-0.2, -0.15) is 5.10 Å². The molecule has 0 radical (unpaired) electrons. The van der Waals surface area contributed by atoms with Crippen molar-refractivity contribution >= 4 is 22.4 Å². The predicted molar refractivity (Wildman–Crippen MR) is 90.3 cm³/mol. The highest BCUT2D eigenvalue weighted by atomic mass is 16.3. The summed E-state index contributed by atoms with van der Waals surface area (Å²) < 4.78 is 0. The van der Waals surface area contributed by atoms with Crippen LogP contribution in [0.3, 0.4) is 0 Å². The second-order valence-corrected chi connectivity index (χ2v) is 5.34. The third kappa shape index (κ3) is 3.85. The van der Waals surface area contributed by atoms with E-state index < -0.39 is 0 Å². The lowest BCUT2D eigenvalue weighted by molar-refractivity contribution is 0.0952. The smallest absolute Gasteiger partial charge is 0.275 e. The quantitative estimate of drug-likeness (QED) is 0.619. The van der Waals surface area contributed by atoms with Crippen LogP contribution in [0.2, 0.25) is 0 Å². The number of amides is 1. The molecule has 2 aromatic carbocycles. The van der Waals surface area contributed by atoms with Gasteiger partial charge in [-0.1, -0.05) is 51.0 Å². The minimum Gasteiger partial charge on any atom is -0.507 e. The fourth-order valence-corrected chi connectivity index (χ4v) is 2.41. The number of aromatic hydroxyl groups is 1. The topological polar surface area (TPSA) is 61.7 Å². The number of carbonyl (C=O) groups excluding carboxylic acids is 1. The molecule has 0 aliphatic heterocycles. The lowest BCUT2D eigenvalue weighted by atomic mass is 10.1. The summed E-state index contributed by atoms with van der Waals surface area (Å²) in [6.07, 6.45) is 3.74. The molecule has 0 fully saturated rings. The number of carbonyl (C=O) groups is 1. The van der Waals surface area contributed by atoms with Gasteiger partial charge in [-0.25, -0.2) is 5.43 Å². The Hall–Kier alpha value is -2.36. The Morgan fingerprint density at radius 1 is 1.09 bits per heavy atom. The Bertz CT molecular complexity index is 685. The van der Waals surface area contributed by atoms with Gasteiger partial charge in [-0.3, -0.25) is 4.79 Å². The van der Waals surface area contributed by atoms with Crippen LogP contribution < -0.4 is 5.43 Å². The SMILES string of the molecule is CCCC(CCC)=NNC(=O)c1cc2ccccc2cc1O. The lowest BCUT2D eigenvalue weighted by Gasteiger charge is -2.07. The normalized spacial score (nSPS) is 10.5. The molecule has 0 atom stereocenters. The van der Waals surface area contributed by atoms with Crippen molar-refractivity contribution in [1.29, 1.82) is 0 Å². The first kappa shape index (κ1) is 16.0. The number of hydrogen-bond acceptors (Lipinski definition) is 3. The summed E-state index contributed by atoms with van der Waals surface area (Å²) >= 11 is 0. The molecule has 0 heterocycles. The van der Waals surface area contributed by atoms with Crippen LogP contribution in [0.25, 0.3) is 10.8 Å². The first-order valence-electron chi connectivity index (χ1n) is 7.73. The van der Waals surface area contributed by atoms with Crippen LogP contribution in [0.15, 0.2) is 41.5 Å². The van der Waals surface area contributed by atoms with Gasteiger partial charge in [0.1, 0.15) is 5.75 Å². The van der Waals surface area contributed by atoms with E-state index in [0.29, 0.717) is 0 Å². The number of phenols is 1. The van der Waals surface area contributed by atoms with Crippen LogP contribution in [-0.2, 0) is 0 Å². The molecule has 0 unspecified atom stereocenters. The van der Waals surface area contributed by atoms with Gasteiger partial charge in [0.05, 0.1) is 5.56 Å². The second kappa shape index (κ2) is 7.59. The zero-order chi connectivity index (χ0) is 15.9. The maximum absolute atomic E-state index is 12.2. The molecule has 4 heteroatoms. The Morgan fingerprint density at radius 3 is 2.27 bits per heavy atom. The summed E-state index contributed by atoms with van der Waals surface area (Å²) in [5.41, 5.74) is 3.79. The predicted octanol–water partition coefficient (Wildman–Crippen LogP) is 4.23. The summed E-state index contributed by atoms with van der Waals surface area (Å²) in [5.74, 6) is -0.410. The van der Waals surface area contributed by atoms with Gasteiger partial charge in [-0.15, -0.1) is 0 Å². The van der Waals surface area contributed by atoms with Crippen molar-refractivity contribution in [2.24, 2.45) is 5.10 Å². The van der Waals surface area contributed by atoms with Crippen LogP contribution in [0.4, 0.5) is 0 Å². The van der Waals surface area contributed by atoms with E-state index in [1.54, 1.807) is 12.1 Å². The Labute approximate surface area is 130 Å². The molecular formula is C18H22N2O2. The fraction of sp³-hybridized carbons (Fsp3) is 0.333. The molecule has 2 N–H and O–H groups in total. The number of hydrazone groups is 1. The van der Waals surface area contributed by atoms with Crippen LogP contribution in [0.1, 0.15) is 49.9 Å². The van der Waals surface area contributed by atoms with Crippen molar-refractivity contribution in [2.45, 2.75) is 39.5 Å². The summed E-state index contributed by atoms with van der Waals surface area (Å²) in [6, 6.07) is 10.9. The Morgan fingerprint density at radius 2 is 1.68 bits per heavy atom. The van der Waals surface area contributed by atoms with E-state index in [1.165, 1.54) is 0 Å². The van der Waals surface area contributed by atoms with Crippen LogP contribution >= 0.6 is 0 Å². The first-order chi connectivity index (χ1) is 10.7. The third-order valence-corrected chi connectivity index (χ3v) is 3.50. The van der Waals surface area contributed by atoms with Gasteiger partial charge >= 0.3 is 0 Å². The number of nitrogens with one attached hydrogen (secondary N) is 1. The van der Waals surface area contributed by atoms with Crippen molar-refractivity contribution in [3.63, 3.8) is 0 Å². The van der Waals surface area contributed by atoms with Gasteiger partial charge < -0.3 is 5.11 Å². The Kier molecular flexibility index (Phi) is 5.53. The van der Waals surface area contributed by atoms with E-state index in [0.717, 1.165) is 42.2 Å². The monoisotopic (exact) mass is 298 g/mol. The molecule has 0 bridgehead atoms. The minimum absolute atomic E-state index is 0.0288. The molecule has 0 aromatic heterocycles. The van der Waals surface area contributed by atoms with E-state index in [1.807, 2.05) is 24.3 Å². The molecule has 2 aromatic rings. The minimum atomic E-state index is -0.382. The molecule has 0 aliphatic rings. The summed E-state index contributed by atoms with van der Waals surface area (Å²) in [6.45, 7) is 4.17. The largest absolute Gasteiger partial charge is 0.507 e. The summed E-state index contributed by atoms with van der Waals surface area (Å²) in [7, 11) is 0. The third-order valence-electron chi connectivity index (χ3n) is 3.50. The molecule has 0 aliphatic carbocycles. The van der Waals surface area contributed by atoms with Crippen molar-refractivity contribution in [1.82, 2.24) is 5.43 Å². The lowest BCUT2D eigenvalue weighted by Crippen LogP contribution is -2.20. The number of fused-ring (bicyclic) bond motifs is 1. The van der Waals surface area contributed by atoms with Crippen molar-refractivity contribution in [3.05, 3.63) is 42.0 Å². The molecule has 0 saturated heterocycles.